The lowest BCUT2D eigenvalue weighted by molar-refractivity contribution is 0.363. The van der Waals surface area contributed by atoms with Gasteiger partial charge in [-0.25, -0.2) is 4.68 Å². The summed E-state index contributed by atoms with van der Waals surface area (Å²) in [5, 5.41) is 11.8. The van der Waals surface area contributed by atoms with Gasteiger partial charge in [0.2, 0.25) is 5.89 Å². The Bertz CT molecular complexity index is 760. The second kappa shape index (κ2) is 5.29. The molecule has 1 aromatic carbocycles. The van der Waals surface area contributed by atoms with Crippen molar-refractivity contribution in [3.63, 3.8) is 0 Å². The van der Waals surface area contributed by atoms with Crippen LogP contribution in [0.2, 0.25) is 0 Å². The van der Waals surface area contributed by atoms with Crippen LogP contribution in [0.1, 0.15) is 43.4 Å². The molecule has 1 aliphatic carbocycles. The molecule has 112 valence electrons. The molecule has 0 spiro atoms. The van der Waals surface area contributed by atoms with Gasteiger partial charge in [-0.2, -0.15) is 10.1 Å². The average molecular weight is 295 g/mol. The van der Waals surface area contributed by atoms with Crippen molar-refractivity contribution in [2.45, 2.75) is 31.7 Å². The Labute approximate surface area is 128 Å². The molecular weight excluding hydrogens is 278 g/mol. The number of hydrogen-bond donors (Lipinski definition) is 1. The molecule has 2 aromatic heterocycles. The van der Waals surface area contributed by atoms with E-state index in [1.54, 1.807) is 6.20 Å². The van der Waals surface area contributed by atoms with E-state index in [1.165, 1.54) is 12.8 Å². The summed E-state index contributed by atoms with van der Waals surface area (Å²) in [6, 6.07) is 9.95. The zero-order chi connectivity index (χ0) is 14.9. The van der Waals surface area contributed by atoms with Crippen LogP contribution in [0, 0.1) is 0 Å². The van der Waals surface area contributed by atoms with Gasteiger partial charge in [0.1, 0.15) is 6.04 Å². The molecule has 3 aromatic rings. The van der Waals surface area contributed by atoms with Crippen LogP contribution in [-0.2, 0) is 0 Å². The summed E-state index contributed by atoms with van der Waals surface area (Å²) in [4.78, 5) is 4.47. The van der Waals surface area contributed by atoms with E-state index in [0.717, 1.165) is 17.2 Å². The van der Waals surface area contributed by atoms with Crippen LogP contribution in [0.25, 0.3) is 5.69 Å². The van der Waals surface area contributed by atoms with Crippen LogP contribution in [0.5, 0.6) is 0 Å². The Morgan fingerprint density at radius 1 is 1.27 bits per heavy atom. The molecule has 6 nitrogen and oxygen atoms in total. The van der Waals surface area contributed by atoms with E-state index in [4.69, 9.17) is 4.52 Å². The number of para-hydroxylation sites is 1. The first-order valence-electron chi connectivity index (χ1n) is 7.50. The topological polar surface area (TPSA) is 68.8 Å². The molecule has 22 heavy (non-hydrogen) atoms. The minimum absolute atomic E-state index is 0.0478. The van der Waals surface area contributed by atoms with Crippen LogP contribution >= 0.6 is 0 Å². The van der Waals surface area contributed by atoms with Gasteiger partial charge in [-0.05, 0) is 31.9 Å². The third-order valence-electron chi connectivity index (χ3n) is 3.76. The van der Waals surface area contributed by atoms with Crippen LogP contribution in [0.15, 0.2) is 47.2 Å². The molecule has 1 unspecified atom stereocenters. The van der Waals surface area contributed by atoms with Gasteiger partial charge < -0.3 is 9.84 Å². The summed E-state index contributed by atoms with van der Waals surface area (Å²) >= 11 is 0. The minimum Gasteiger partial charge on any atom is -0.371 e. The van der Waals surface area contributed by atoms with E-state index in [0.29, 0.717) is 11.8 Å². The zero-order valence-corrected chi connectivity index (χ0v) is 12.3. The summed E-state index contributed by atoms with van der Waals surface area (Å²) in [5.74, 6) is 1.96. The van der Waals surface area contributed by atoms with Gasteiger partial charge in [0.25, 0.3) is 0 Å². The highest BCUT2D eigenvalue weighted by atomic mass is 16.5. The van der Waals surface area contributed by atoms with E-state index >= 15 is 0 Å². The third-order valence-corrected chi connectivity index (χ3v) is 3.76. The lowest BCUT2D eigenvalue weighted by atomic mass is 10.3. The molecule has 0 bridgehead atoms. The third kappa shape index (κ3) is 2.59. The lowest BCUT2D eigenvalue weighted by Gasteiger charge is -2.08. The second-order valence-electron chi connectivity index (χ2n) is 5.64. The van der Waals surface area contributed by atoms with Gasteiger partial charge in [-0.15, -0.1) is 0 Å². The smallest absolute Gasteiger partial charge is 0.248 e. The molecule has 0 aliphatic heterocycles. The Balaban J connectivity index is 1.47. The van der Waals surface area contributed by atoms with Crippen molar-refractivity contribution >= 4 is 5.69 Å². The Morgan fingerprint density at radius 3 is 2.86 bits per heavy atom. The molecule has 1 fully saturated rings. The fourth-order valence-electron chi connectivity index (χ4n) is 2.36. The van der Waals surface area contributed by atoms with Crippen molar-refractivity contribution in [2.75, 3.05) is 5.32 Å². The molecule has 1 atom stereocenters. The van der Waals surface area contributed by atoms with E-state index < -0.39 is 0 Å². The van der Waals surface area contributed by atoms with Crippen molar-refractivity contribution in [3.8, 4) is 5.69 Å². The molecule has 2 heterocycles. The van der Waals surface area contributed by atoms with Crippen LogP contribution in [-0.4, -0.2) is 19.9 Å². The maximum absolute atomic E-state index is 5.34. The van der Waals surface area contributed by atoms with Crippen molar-refractivity contribution in [2.24, 2.45) is 0 Å². The van der Waals surface area contributed by atoms with Crippen LogP contribution in [0.3, 0.4) is 0 Å². The fourth-order valence-corrected chi connectivity index (χ4v) is 2.36. The molecule has 0 amide bonds. The highest BCUT2D eigenvalue weighted by Crippen LogP contribution is 2.38. The van der Waals surface area contributed by atoms with Gasteiger partial charge >= 0.3 is 0 Å². The summed E-state index contributed by atoms with van der Waals surface area (Å²) in [6.45, 7) is 2.00. The molecule has 0 saturated heterocycles. The quantitative estimate of drug-likeness (QED) is 0.782. The van der Waals surface area contributed by atoms with Crippen LogP contribution in [0.4, 0.5) is 5.69 Å². The summed E-state index contributed by atoms with van der Waals surface area (Å²) in [6.07, 6.45) is 6.08. The highest BCUT2D eigenvalue weighted by Gasteiger charge is 2.29. The van der Waals surface area contributed by atoms with Gasteiger partial charge in [-0.1, -0.05) is 23.4 Å². The lowest BCUT2D eigenvalue weighted by Crippen LogP contribution is -2.06. The van der Waals surface area contributed by atoms with Crippen molar-refractivity contribution in [1.29, 1.82) is 0 Å². The molecule has 6 heteroatoms. The largest absolute Gasteiger partial charge is 0.371 e. The van der Waals surface area contributed by atoms with Gasteiger partial charge in [0, 0.05) is 5.92 Å². The SMILES string of the molecule is CC(Nc1cnn(-c2ccccc2)c1)c1nc(C2CC2)no1. The van der Waals surface area contributed by atoms with Gasteiger partial charge in [-0.3, -0.25) is 0 Å². The number of nitrogens with zero attached hydrogens (tertiary/aromatic N) is 4. The summed E-state index contributed by atoms with van der Waals surface area (Å²) in [7, 11) is 0. The molecule has 1 saturated carbocycles. The first-order valence-corrected chi connectivity index (χ1v) is 7.50. The number of nitrogens with one attached hydrogen (secondary N) is 1. The maximum Gasteiger partial charge on any atom is 0.248 e. The maximum atomic E-state index is 5.34. The van der Waals surface area contributed by atoms with Crippen LogP contribution < -0.4 is 5.32 Å². The Hall–Kier alpha value is -2.63. The Kier molecular flexibility index (Phi) is 3.14. The molecular formula is C16H17N5O. The number of anilines is 1. The molecule has 0 radical (unpaired) electrons. The molecule has 1 aliphatic rings. The fraction of sp³-hybridized carbons (Fsp3) is 0.312. The normalized spacial score (nSPS) is 15.7. The van der Waals surface area contributed by atoms with E-state index in [-0.39, 0.29) is 6.04 Å². The van der Waals surface area contributed by atoms with E-state index in [2.05, 4.69) is 20.6 Å². The van der Waals surface area contributed by atoms with Crippen molar-refractivity contribution in [1.82, 2.24) is 19.9 Å². The number of benzene rings is 1. The minimum atomic E-state index is -0.0478. The monoisotopic (exact) mass is 295 g/mol. The Morgan fingerprint density at radius 2 is 2.09 bits per heavy atom. The second-order valence-corrected chi connectivity index (χ2v) is 5.64. The number of rotatable bonds is 5. The average Bonchev–Trinajstić information content (AvgIpc) is 3.10. The zero-order valence-electron chi connectivity index (χ0n) is 12.3. The number of aromatic nitrogens is 4. The van der Waals surface area contributed by atoms with Crippen molar-refractivity contribution < 1.29 is 4.52 Å². The predicted octanol–water partition coefficient (Wildman–Crippen LogP) is 3.31. The standard InChI is InChI=1S/C16H17N5O/c1-11(16-19-15(20-22-16)12-7-8-12)18-13-9-17-21(10-13)14-5-3-2-4-6-14/h2-6,9-12,18H,7-8H2,1H3. The first-order chi connectivity index (χ1) is 10.8. The summed E-state index contributed by atoms with van der Waals surface area (Å²) in [5.41, 5.74) is 1.94. The van der Waals surface area contributed by atoms with Gasteiger partial charge in [0.15, 0.2) is 5.82 Å². The number of hydrogen-bond acceptors (Lipinski definition) is 5. The highest BCUT2D eigenvalue weighted by molar-refractivity contribution is 5.43. The van der Waals surface area contributed by atoms with Crippen molar-refractivity contribution in [3.05, 3.63) is 54.4 Å². The predicted molar refractivity (Wildman–Crippen MR) is 81.9 cm³/mol. The first kappa shape index (κ1) is 13.1. The van der Waals surface area contributed by atoms with Gasteiger partial charge in [0.05, 0.1) is 23.8 Å². The van der Waals surface area contributed by atoms with E-state index in [9.17, 15) is 0 Å². The molecule has 4 rings (SSSR count). The molecule has 1 N–H and O–H groups in total. The summed E-state index contributed by atoms with van der Waals surface area (Å²) < 4.78 is 7.17. The van der Waals surface area contributed by atoms with E-state index in [1.807, 2.05) is 48.1 Å².